The van der Waals surface area contributed by atoms with E-state index in [-0.39, 0.29) is 35.6 Å². The summed E-state index contributed by atoms with van der Waals surface area (Å²) in [6.45, 7) is 3.44. The van der Waals surface area contributed by atoms with Crippen LogP contribution < -0.4 is 11.1 Å². The number of benzene rings is 2. The molecule has 0 radical (unpaired) electrons. The molecule has 0 bridgehead atoms. The predicted molar refractivity (Wildman–Crippen MR) is 101 cm³/mol. The van der Waals surface area contributed by atoms with Crippen molar-refractivity contribution in [2.75, 3.05) is 11.1 Å². The number of nitrogens with zero attached hydrogens (tertiary/aromatic N) is 3. The molecule has 0 saturated carbocycles. The van der Waals surface area contributed by atoms with Gasteiger partial charge < -0.3 is 20.9 Å². The van der Waals surface area contributed by atoms with Crippen LogP contribution in [0.15, 0.2) is 42.5 Å². The number of carbonyl (C=O) groups excluding carboxylic acids is 1. The number of ether oxygens (including phenoxy) is 1. The molecule has 138 valence electrons. The van der Waals surface area contributed by atoms with Gasteiger partial charge in [-0.3, -0.25) is 0 Å². The first kappa shape index (κ1) is 18.1. The zero-order valence-corrected chi connectivity index (χ0v) is 14.9. The highest BCUT2D eigenvalue weighted by molar-refractivity contribution is 5.92. The number of phenols is 1. The van der Waals surface area contributed by atoms with E-state index in [9.17, 15) is 9.90 Å². The molecule has 27 heavy (non-hydrogen) atoms. The first-order chi connectivity index (χ1) is 12.9. The zero-order valence-electron chi connectivity index (χ0n) is 14.9. The highest BCUT2D eigenvalue weighted by atomic mass is 16.5. The first-order valence-electron chi connectivity index (χ1n) is 8.23. The summed E-state index contributed by atoms with van der Waals surface area (Å²) in [5.74, 6) is -0.339. The van der Waals surface area contributed by atoms with Crippen molar-refractivity contribution in [2.24, 2.45) is 0 Å². The maximum Gasteiger partial charge on any atom is 0.342 e. The van der Waals surface area contributed by atoms with E-state index in [0.29, 0.717) is 5.56 Å². The molecule has 0 aliphatic rings. The van der Waals surface area contributed by atoms with Crippen LogP contribution in [0.5, 0.6) is 5.75 Å². The van der Waals surface area contributed by atoms with Gasteiger partial charge in [-0.25, -0.2) is 4.79 Å². The minimum absolute atomic E-state index is 0.00513. The summed E-state index contributed by atoms with van der Waals surface area (Å²) >= 11 is 0. The van der Waals surface area contributed by atoms with Crippen LogP contribution in [0.1, 0.15) is 27.3 Å². The topological polar surface area (TPSA) is 123 Å². The van der Waals surface area contributed by atoms with E-state index in [1.54, 1.807) is 19.1 Å². The number of nitrogens with one attached hydrogen (secondary N) is 1. The van der Waals surface area contributed by atoms with E-state index in [1.165, 1.54) is 6.07 Å². The van der Waals surface area contributed by atoms with Gasteiger partial charge in [0.2, 0.25) is 11.9 Å². The Kier molecular flexibility index (Phi) is 5.16. The van der Waals surface area contributed by atoms with Crippen molar-refractivity contribution in [1.29, 1.82) is 0 Å². The van der Waals surface area contributed by atoms with Crippen molar-refractivity contribution in [3.8, 4) is 5.75 Å². The number of aryl methyl sites for hydroxylation is 2. The largest absolute Gasteiger partial charge is 0.507 e. The molecule has 2 aromatic carbocycles. The number of esters is 1. The second kappa shape index (κ2) is 7.69. The lowest BCUT2D eigenvalue weighted by Gasteiger charge is -2.10. The van der Waals surface area contributed by atoms with Gasteiger partial charge >= 0.3 is 5.97 Å². The molecule has 0 atom stereocenters. The lowest BCUT2D eigenvalue weighted by Crippen LogP contribution is -2.11. The maximum atomic E-state index is 12.2. The number of hydrogen-bond donors (Lipinski definition) is 3. The molecule has 0 spiro atoms. The number of aromatic hydroxyl groups is 1. The molecule has 1 heterocycles. The minimum Gasteiger partial charge on any atom is -0.507 e. The lowest BCUT2D eigenvalue weighted by atomic mass is 10.1. The Morgan fingerprint density at radius 2 is 1.81 bits per heavy atom. The van der Waals surface area contributed by atoms with Gasteiger partial charge in [0.05, 0.1) is 0 Å². The van der Waals surface area contributed by atoms with Gasteiger partial charge in [-0.15, -0.1) is 0 Å². The average Bonchev–Trinajstić information content (AvgIpc) is 2.63. The van der Waals surface area contributed by atoms with E-state index >= 15 is 0 Å². The van der Waals surface area contributed by atoms with Gasteiger partial charge in [0, 0.05) is 5.69 Å². The summed E-state index contributed by atoms with van der Waals surface area (Å²) in [5, 5.41) is 13.0. The molecule has 0 saturated heterocycles. The molecule has 0 aliphatic carbocycles. The fraction of sp³-hybridized carbons (Fsp3) is 0.158. The number of nitrogens with two attached hydrogens (primary N) is 1. The quantitative estimate of drug-likeness (QED) is 0.590. The van der Waals surface area contributed by atoms with Crippen LogP contribution in [0.25, 0.3) is 0 Å². The second-order valence-corrected chi connectivity index (χ2v) is 5.92. The fourth-order valence-corrected chi connectivity index (χ4v) is 2.42. The number of carbonyl (C=O) groups is 1. The molecule has 0 unspecified atom stereocenters. The van der Waals surface area contributed by atoms with Gasteiger partial charge in [-0.1, -0.05) is 30.3 Å². The van der Waals surface area contributed by atoms with Crippen molar-refractivity contribution in [3.05, 3.63) is 65.0 Å². The smallest absolute Gasteiger partial charge is 0.342 e. The fourth-order valence-electron chi connectivity index (χ4n) is 2.42. The number of aromatic nitrogens is 3. The lowest BCUT2D eigenvalue weighted by molar-refractivity contribution is 0.0458. The average molecular weight is 365 g/mol. The summed E-state index contributed by atoms with van der Waals surface area (Å²) in [6.07, 6.45) is 0. The summed E-state index contributed by atoms with van der Waals surface area (Å²) < 4.78 is 5.20. The number of hydrogen-bond acceptors (Lipinski definition) is 8. The Labute approximate surface area is 156 Å². The summed E-state index contributed by atoms with van der Waals surface area (Å²) in [6, 6.07) is 12.5. The third-order valence-electron chi connectivity index (χ3n) is 3.88. The van der Waals surface area contributed by atoms with E-state index in [1.807, 2.05) is 31.2 Å². The number of para-hydroxylation sites is 2. The summed E-state index contributed by atoms with van der Waals surface area (Å²) in [7, 11) is 0. The molecule has 0 amide bonds. The number of phenolic OH excluding ortho intramolecular Hbond substituents is 1. The monoisotopic (exact) mass is 365 g/mol. The van der Waals surface area contributed by atoms with Crippen LogP contribution in [0, 0.1) is 13.8 Å². The predicted octanol–water partition coefficient (Wildman–Crippen LogP) is 2.88. The third kappa shape index (κ3) is 4.30. The van der Waals surface area contributed by atoms with E-state index in [4.69, 9.17) is 10.5 Å². The van der Waals surface area contributed by atoms with E-state index < -0.39 is 5.97 Å². The van der Waals surface area contributed by atoms with Crippen molar-refractivity contribution in [3.63, 3.8) is 0 Å². The Bertz CT molecular complexity index is 991. The Balaban J connectivity index is 1.74. The molecule has 1 aromatic heterocycles. The van der Waals surface area contributed by atoms with Gasteiger partial charge in [0.15, 0.2) is 12.4 Å². The highest BCUT2D eigenvalue weighted by Gasteiger charge is 2.15. The van der Waals surface area contributed by atoms with Crippen LogP contribution in [-0.2, 0) is 11.3 Å². The molecular formula is C19H19N5O3. The number of rotatable bonds is 5. The Morgan fingerprint density at radius 3 is 2.59 bits per heavy atom. The molecule has 0 aliphatic heterocycles. The van der Waals surface area contributed by atoms with Gasteiger partial charge in [-0.2, -0.15) is 15.0 Å². The first-order valence-corrected chi connectivity index (χ1v) is 8.23. The molecule has 8 heteroatoms. The second-order valence-electron chi connectivity index (χ2n) is 5.92. The standard InChI is InChI=1S/C19H19N5O3/c1-11-6-3-4-9-14(11)21-19-23-15(22-18(20)24-19)10-27-17(26)13-8-5-7-12(2)16(13)25/h3-9,25H,10H2,1-2H3,(H3,20,21,22,23,24). The van der Waals surface area contributed by atoms with Crippen molar-refractivity contribution in [1.82, 2.24) is 15.0 Å². The molecule has 3 aromatic rings. The van der Waals surface area contributed by atoms with Crippen molar-refractivity contribution >= 4 is 23.6 Å². The molecule has 8 nitrogen and oxygen atoms in total. The number of nitrogen functional groups attached to an aromatic ring is 1. The van der Waals surface area contributed by atoms with Gasteiger partial charge in [0.25, 0.3) is 0 Å². The number of anilines is 3. The SMILES string of the molecule is Cc1ccccc1Nc1nc(N)nc(COC(=O)c2cccc(C)c2O)n1. The van der Waals surface area contributed by atoms with Crippen LogP contribution in [0.2, 0.25) is 0 Å². The third-order valence-corrected chi connectivity index (χ3v) is 3.88. The van der Waals surface area contributed by atoms with E-state index in [0.717, 1.165) is 11.3 Å². The zero-order chi connectivity index (χ0) is 19.4. The molecule has 3 rings (SSSR count). The highest BCUT2D eigenvalue weighted by Crippen LogP contribution is 2.22. The van der Waals surface area contributed by atoms with Crippen LogP contribution in [-0.4, -0.2) is 26.0 Å². The normalized spacial score (nSPS) is 10.4. The van der Waals surface area contributed by atoms with Crippen LogP contribution in [0.3, 0.4) is 0 Å². The van der Waals surface area contributed by atoms with Gasteiger partial charge in [-0.05, 0) is 37.1 Å². The van der Waals surface area contributed by atoms with Crippen LogP contribution >= 0.6 is 0 Å². The van der Waals surface area contributed by atoms with Gasteiger partial charge in [0.1, 0.15) is 11.3 Å². The molecule has 4 N–H and O–H groups in total. The summed E-state index contributed by atoms with van der Waals surface area (Å²) in [5.41, 5.74) is 8.23. The molecule has 0 fully saturated rings. The molecular weight excluding hydrogens is 346 g/mol. The Morgan fingerprint density at radius 1 is 1.07 bits per heavy atom. The van der Waals surface area contributed by atoms with E-state index in [2.05, 4.69) is 20.3 Å². The summed E-state index contributed by atoms with van der Waals surface area (Å²) in [4.78, 5) is 24.4. The van der Waals surface area contributed by atoms with Crippen molar-refractivity contribution < 1.29 is 14.6 Å². The van der Waals surface area contributed by atoms with Crippen molar-refractivity contribution in [2.45, 2.75) is 20.5 Å². The van der Waals surface area contributed by atoms with Crippen LogP contribution in [0.4, 0.5) is 17.6 Å². The maximum absolute atomic E-state index is 12.2. The minimum atomic E-state index is -0.677. The Hall–Kier alpha value is -3.68.